The van der Waals surface area contributed by atoms with E-state index in [0.29, 0.717) is 11.4 Å². The molecule has 4 N–H and O–H groups in total. The van der Waals surface area contributed by atoms with Gasteiger partial charge in [-0.3, -0.25) is 9.59 Å². The fourth-order valence-electron chi connectivity index (χ4n) is 4.25. The Morgan fingerprint density at radius 3 is 2.75 bits per heavy atom. The predicted molar refractivity (Wildman–Crippen MR) is 141 cm³/mol. The van der Waals surface area contributed by atoms with Crippen molar-refractivity contribution in [3.8, 4) is 5.75 Å². The van der Waals surface area contributed by atoms with E-state index in [1.165, 1.54) is 0 Å². The van der Waals surface area contributed by atoms with E-state index in [0.717, 1.165) is 26.5 Å². The van der Waals surface area contributed by atoms with Crippen LogP contribution in [0.1, 0.15) is 12.5 Å². The minimum absolute atomic E-state index is 0.0534. The summed E-state index contributed by atoms with van der Waals surface area (Å²) in [5.41, 5.74) is 2.30. The second-order valence-corrected chi connectivity index (χ2v) is 9.50. The van der Waals surface area contributed by atoms with Gasteiger partial charge in [-0.1, -0.05) is 47.1 Å². The van der Waals surface area contributed by atoms with E-state index in [2.05, 4.69) is 31.9 Å². The summed E-state index contributed by atoms with van der Waals surface area (Å²) in [6, 6.07) is 16.4. The zero-order chi connectivity index (χ0) is 25.8. The van der Waals surface area contributed by atoms with Crippen LogP contribution in [-0.2, 0) is 16.1 Å². The molecule has 3 aromatic carbocycles. The number of carbonyl (C=O) groups is 3. The highest BCUT2D eigenvalue weighted by Gasteiger charge is 2.33. The molecule has 0 aliphatic carbocycles. The molecule has 2 atom stereocenters. The molecule has 0 aromatic heterocycles. The number of carbonyl (C=O) groups excluding carboxylic acids is 2. The molecule has 0 fully saturated rings. The molecule has 1 heterocycles. The van der Waals surface area contributed by atoms with Gasteiger partial charge in [0.05, 0.1) is 30.9 Å². The van der Waals surface area contributed by atoms with Crippen molar-refractivity contribution in [1.29, 1.82) is 0 Å². The van der Waals surface area contributed by atoms with Crippen molar-refractivity contribution in [2.24, 2.45) is 5.92 Å². The Kier molecular flexibility index (Phi) is 7.64. The molecule has 0 saturated carbocycles. The van der Waals surface area contributed by atoms with E-state index in [1.54, 1.807) is 18.9 Å². The molecule has 0 unspecified atom stereocenters. The van der Waals surface area contributed by atoms with E-state index in [9.17, 15) is 14.4 Å². The average molecular weight is 555 g/mol. The summed E-state index contributed by atoms with van der Waals surface area (Å²) in [5, 5.41) is 19.0. The predicted octanol–water partition coefficient (Wildman–Crippen LogP) is 3.96. The maximum atomic E-state index is 13.8. The third kappa shape index (κ3) is 5.38. The standard InChI is InChI=1S/C26H27BrN4O5/c1-15(12-29-26(34)35)24(32)30-21-13-28-20-5-3-4-6-22(20)31(25(21)33)14-19-18-9-8-17(27)11-16(18)7-10-23(19)36-2/h3-11,15,21,28-29H,12-14H2,1-2H3,(H,30,32)(H,34,35)/t15-,21-/m0/s1. The minimum atomic E-state index is -1.21. The number of amides is 3. The van der Waals surface area contributed by atoms with Gasteiger partial charge in [-0.15, -0.1) is 0 Å². The van der Waals surface area contributed by atoms with Gasteiger partial charge in [0.15, 0.2) is 0 Å². The average Bonchev–Trinajstić information content (AvgIpc) is 2.99. The van der Waals surface area contributed by atoms with Crippen molar-refractivity contribution in [1.82, 2.24) is 10.6 Å². The topological polar surface area (TPSA) is 120 Å². The molecule has 188 valence electrons. The van der Waals surface area contributed by atoms with Gasteiger partial charge in [0.2, 0.25) is 5.91 Å². The Labute approximate surface area is 216 Å². The highest BCUT2D eigenvalue weighted by atomic mass is 79.9. The zero-order valence-electron chi connectivity index (χ0n) is 19.9. The Hall–Kier alpha value is -3.79. The highest BCUT2D eigenvalue weighted by molar-refractivity contribution is 9.10. The number of hydrogen-bond acceptors (Lipinski definition) is 5. The van der Waals surface area contributed by atoms with Gasteiger partial charge in [0, 0.05) is 23.1 Å². The Morgan fingerprint density at radius 1 is 1.22 bits per heavy atom. The third-order valence-corrected chi connectivity index (χ3v) is 6.66. The van der Waals surface area contributed by atoms with E-state index >= 15 is 0 Å². The van der Waals surface area contributed by atoms with Crippen molar-refractivity contribution in [3.63, 3.8) is 0 Å². The number of rotatable bonds is 7. The number of nitrogens with one attached hydrogen (secondary N) is 3. The molecule has 36 heavy (non-hydrogen) atoms. The number of methoxy groups -OCH3 is 1. The normalized spacial score (nSPS) is 15.9. The van der Waals surface area contributed by atoms with Crippen LogP contribution in [0.15, 0.2) is 59.1 Å². The van der Waals surface area contributed by atoms with Gasteiger partial charge >= 0.3 is 6.09 Å². The smallest absolute Gasteiger partial charge is 0.404 e. The molecule has 0 saturated heterocycles. The lowest BCUT2D eigenvalue weighted by Crippen LogP contribution is -2.52. The molecular formula is C26H27BrN4O5. The number of hydrogen-bond donors (Lipinski definition) is 4. The van der Waals surface area contributed by atoms with Crippen LogP contribution in [0.5, 0.6) is 5.75 Å². The molecule has 10 heteroatoms. The molecular weight excluding hydrogens is 528 g/mol. The summed E-state index contributed by atoms with van der Waals surface area (Å²) in [6.45, 7) is 1.96. The van der Waals surface area contributed by atoms with Crippen LogP contribution in [-0.4, -0.2) is 49.3 Å². The van der Waals surface area contributed by atoms with Crippen LogP contribution in [0.25, 0.3) is 10.8 Å². The largest absolute Gasteiger partial charge is 0.496 e. The van der Waals surface area contributed by atoms with Gasteiger partial charge in [-0.2, -0.15) is 0 Å². The second kappa shape index (κ2) is 10.9. The number of fused-ring (bicyclic) bond motifs is 2. The minimum Gasteiger partial charge on any atom is -0.496 e. The first kappa shape index (κ1) is 25.3. The van der Waals surface area contributed by atoms with Crippen molar-refractivity contribution < 1.29 is 24.2 Å². The summed E-state index contributed by atoms with van der Waals surface area (Å²) >= 11 is 3.51. The summed E-state index contributed by atoms with van der Waals surface area (Å²) < 4.78 is 6.60. The first-order valence-electron chi connectivity index (χ1n) is 11.4. The summed E-state index contributed by atoms with van der Waals surface area (Å²) in [4.78, 5) is 39.0. The van der Waals surface area contributed by atoms with Crippen molar-refractivity contribution in [2.75, 3.05) is 30.4 Å². The first-order valence-corrected chi connectivity index (χ1v) is 12.2. The molecule has 0 radical (unpaired) electrons. The van der Waals surface area contributed by atoms with Crippen LogP contribution in [0.4, 0.5) is 16.2 Å². The lowest BCUT2D eigenvalue weighted by atomic mass is 10.0. The molecule has 1 aliphatic heterocycles. The van der Waals surface area contributed by atoms with Crippen LogP contribution < -0.4 is 25.6 Å². The summed E-state index contributed by atoms with van der Waals surface area (Å²) in [5.74, 6) is -0.691. The number of para-hydroxylation sites is 2. The molecule has 4 rings (SSSR count). The number of benzene rings is 3. The fraction of sp³-hybridized carbons (Fsp3) is 0.269. The fourth-order valence-corrected chi connectivity index (χ4v) is 4.62. The zero-order valence-corrected chi connectivity index (χ0v) is 21.5. The maximum Gasteiger partial charge on any atom is 0.404 e. The van der Waals surface area contributed by atoms with E-state index in [1.807, 2.05) is 54.6 Å². The number of ether oxygens (including phenoxy) is 1. The third-order valence-electron chi connectivity index (χ3n) is 6.17. The SMILES string of the molecule is COc1ccc2cc(Br)ccc2c1CN1C(=O)[C@@H](NC(=O)[C@@H](C)CNC(=O)O)CNc2ccccc21. The maximum absolute atomic E-state index is 13.8. The van der Waals surface area contributed by atoms with Gasteiger partial charge < -0.3 is 30.7 Å². The Balaban J connectivity index is 1.69. The van der Waals surface area contributed by atoms with E-state index in [4.69, 9.17) is 9.84 Å². The molecule has 0 spiro atoms. The van der Waals surface area contributed by atoms with Gasteiger partial charge in [-0.25, -0.2) is 4.79 Å². The molecule has 9 nitrogen and oxygen atoms in total. The summed E-state index contributed by atoms with van der Waals surface area (Å²) in [6.07, 6.45) is -1.21. The number of nitrogens with zero attached hydrogens (tertiary/aromatic N) is 1. The van der Waals surface area contributed by atoms with Crippen molar-refractivity contribution in [3.05, 3.63) is 64.6 Å². The van der Waals surface area contributed by atoms with Gasteiger partial charge in [0.1, 0.15) is 11.8 Å². The quantitative estimate of drug-likeness (QED) is 0.351. The van der Waals surface area contributed by atoms with Crippen LogP contribution in [0.3, 0.4) is 0 Å². The first-order chi connectivity index (χ1) is 17.3. The van der Waals surface area contributed by atoms with Crippen LogP contribution in [0, 0.1) is 5.92 Å². The van der Waals surface area contributed by atoms with Gasteiger partial charge in [0.25, 0.3) is 5.91 Å². The van der Waals surface area contributed by atoms with E-state index in [-0.39, 0.29) is 25.5 Å². The Morgan fingerprint density at radius 2 is 2.00 bits per heavy atom. The lowest BCUT2D eigenvalue weighted by Gasteiger charge is -2.27. The van der Waals surface area contributed by atoms with E-state index < -0.39 is 24.0 Å². The summed E-state index contributed by atoms with van der Waals surface area (Å²) in [7, 11) is 1.60. The van der Waals surface area contributed by atoms with Gasteiger partial charge in [-0.05, 0) is 41.1 Å². The number of halogens is 1. The number of carboxylic acid groups (broad SMARTS) is 1. The lowest BCUT2D eigenvalue weighted by molar-refractivity contribution is -0.129. The molecule has 3 amide bonds. The molecule has 0 bridgehead atoms. The second-order valence-electron chi connectivity index (χ2n) is 8.58. The monoisotopic (exact) mass is 554 g/mol. The Bertz CT molecular complexity index is 1310. The highest BCUT2D eigenvalue weighted by Crippen LogP contribution is 2.35. The van der Waals surface area contributed by atoms with Crippen molar-refractivity contribution in [2.45, 2.75) is 19.5 Å². The van der Waals surface area contributed by atoms with Crippen LogP contribution in [0.2, 0.25) is 0 Å². The molecule has 1 aliphatic rings. The van der Waals surface area contributed by atoms with Crippen LogP contribution >= 0.6 is 15.9 Å². The molecule has 3 aromatic rings. The number of anilines is 2. The van der Waals surface area contributed by atoms with Crippen molar-refractivity contribution >= 4 is 56.0 Å².